The number of hydrogen-bond donors (Lipinski definition) is 2. The molecule has 2 aromatic carbocycles. The Morgan fingerprint density at radius 1 is 1.19 bits per heavy atom. The summed E-state index contributed by atoms with van der Waals surface area (Å²) in [6.45, 7) is 3.34. The van der Waals surface area contributed by atoms with Crippen molar-refractivity contribution < 1.29 is 23.9 Å². The first kappa shape index (κ1) is 24.9. The molecule has 1 aromatic heterocycles. The summed E-state index contributed by atoms with van der Waals surface area (Å²) in [4.78, 5) is 38.8. The van der Waals surface area contributed by atoms with Crippen LogP contribution in [0.2, 0.25) is 0 Å². The Kier molecular flexibility index (Phi) is 7.47. The van der Waals surface area contributed by atoms with E-state index in [2.05, 4.69) is 32.8 Å². The Hall–Kier alpha value is -3.76. The standard InChI is InChI=1S/C27H31N5O5/c1-31-26-20(25(30-31)21-10-11-23(33)29-27(21)35)8-5-9-22(26)37-17-24(34)28-14-19-16-32(12-13-36-19)15-18-6-3-2-4-7-18/h2-9,19,21H,10-17H2,1H3,(H,28,34)(H,29,33,35). The minimum absolute atomic E-state index is 0.0852. The molecule has 0 bridgehead atoms. The quantitative estimate of drug-likeness (QED) is 0.446. The minimum Gasteiger partial charge on any atom is -0.482 e. The summed E-state index contributed by atoms with van der Waals surface area (Å²) in [7, 11) is 1.77. The van der Waals surface area contributed by atoms with Crippen molar-refractivity contribution in [2.75, 3.05) is 32.8 Å². The zero-order valence-corrected chi connectivity index (χ0v) is 20.8. The molecule has 0 spiro atoms. The van der Waals surface area contributed by atoms with Crippen LogP contribution in [0.15, 0.2) is 48.5 Å². The lowest BCUT2D eigenvalue weighted by atomic mass is 9.93. The monoisotopic (exact) mass is 505 g/mol. The number of ether oxygens (including phenoxy) is 2. The number of aromatic nitrogens is 2. The van der Waals surface area contributed by atoms with Crippen LogP contribution in [0.5, 0.6) is 5.75 Å². The van der Waals surface area contributed by atoms with Gasteiger partial charge in [-0.15, -0.1) is 0 Å². The van der Waals surface area contributed by atoms with Crippen molar-refractivity contribution in [1.82, 2.24) is 25.3 Å². The number of piperidine rings is 1. The lowest BCUT2D eigenvalue weighted by Gasteiger charge is -2.33. The van der Waals surface area contributed by atoms with E-state index in [1.165, 1.54) is 5.56 Å². The van der Waals surface area contributed by atoms with Crippen LogP contribution >= 0.6 is 0 Å². The van der Waals surface area contributed by atoms with Gasteiger partial charge in [-0.05, 0) is 18.1 Å². The van der Waals surface area contributed by atoms with Crippen LogP contribution < -0.4 is 15.4 Å². The number of fused-ring (bicyclic) bond motifs is 1. The van der Waals surface area contributed by atoms with Crippen LogP contribution in [-0.2, 0) is 32.7 Å². The van der Waals surface area contributed by atoms with E-state index in [9.17, 15) is 14.4 Å². The van der Waals surface area contributed by atoms with Crippen molar-refractivity contribution >= 4 is 28.6 Å². The molecule has 0 aliphatic carbocycles. The van der Waals surface area contributed by atoms with Gasteiger partial charge in [0, 0.05) is 45.0 Å². The zero-order valence-electron chi connectivity index (χ0n) is 20.8. The summed E-state index contributed by atoms with van der Waals surface area (Å²) in [5.41, 5.74) is 2.56. The van der Waals surface area contributed by atoms with E-state index in [4.69, 9.17) is 9.47 Å². The average Bonchev–Trinajstić information content (AvgIpc) is 3.24. The molecule has 3 aromatic rings. The predicted molar refractivity (Wildman–Crippen MR) is 136 cm³/mol. The Balaban J connectivity index is 1.16. The Morgan fingerprint density at radius 3 is 2.84 bits per heavy atom. The first-order valence-electron chi connectivity index (χ1n) is 12.5. The third-order valence-corrected chi connectivity index (χ3v) is 6.78. The molecule has 2 saturated heterocycles. The number of carbonyl (C=O) groups is 3. The summed E-state index contributed by atoms with van der Waals surface area (Å²) in [6, 6.07) is 15.8. The van der Waals surface area contributed by atoms with E-state index in [-0.39, 0.29) is 36.9 Å². The molecule has 2 aliphatic heterocycles. The molecular formula is C27H31N5O5. The fraction of sp³-hybridized carbons (Fsp3) is 0.407. The first-order chi connectivity index (χ1) is 18.0. The predicted octanol–water partition coefficient (Wildman–Crippen LogP) is 1.49. The van der Waals surface area contributed by atoms with Crippen LogP contribution in [0.4, 0.5) is 0 Å². The van der Waals surface area contributed by atoms with Crippen LogP contribution in [0.1, 0.15) is 30.0 Å². The third kappa shape index (κ3) is 5.81. The van der Waals surface area contributed by atoms with Crippen molar-refractivity contribution in [2.24, 2.45) is 7.05 Å². The minimum atomic E-state index is -0.503. The molecule has 2 aliphatic rings. The molecule has 194 valence electrons. The molecule has 0 radical (unpaired) electrons. The molecule has 2 unspecified atom stereocenters. The van der Waals surface area contributed by atoms with Gasteiger partial charge in [-0.2, -0.15) is 5.10 Å². The lowest BCUT2D eigenvalue weighted by molar-refractivity contribution is -0.134. The highest BCUT2D eigenvalue weighted by molar-refractivity contribution is 6.03. The van der Waals surface area contributed by atoms with Gasteiger partial charge in [-0.3, -0.25) is 29.3 Å². The second kappa shape index (κ2) is 11.1. The van der Waals surface area contributed by atoms with E-state index in [0.29, 0.717) is 36.5 Å². The summed E-state index contributed by atoms with van der Waals surface area (Å²) < 4.78 is 13.4. The van der Waals surface area contributed by atoms with Crippen molar-refractivity contribution in [3.8, 4) is 5.75 Å². The maximum absolute atomic E-state index is 12.6. The molecule has 37 heavy (non-hydrogen) atoms. The molecular weight excluding hydrogens is 474 g/mol. The number of aryl methyl sites for hydroxylation is 1. The number of para-hydroxylation sites is 1. The van der Waals surface area contributed by atoms with E-state index in [0.717, 1.165) is 25.0 Å². The average molecular weight is 506 g/mol. The smallest absolute Gasteiger partial charge is 0.258 e. The van der Waals surface area contributed by atoms with Gasteiger partial charge in [0.25, 0.3) is 5.91 Å². The van der Waals surface area contributed by atoms with E-state index in [1.807, 2.05) is 30.3 Å². The van der Waals surface area contributed by atoms with Crippen molar-refractivity contribution in [1.29, 1.82) is 0 Å². The first-order valence-corrected chi connectivity index (χ1v) is 12.5. The van der Waals surface area contributed by atoms with Gasteiger partial charge in [0.15, 0.2) is 6.61 Å². The third-order valence-electron chi connectivity index (χ3n) is 6.78. The number of amides is 3. The number of rotatable bonds is 8. The van der Waals surface area contributed by atoms with E-state index >= 15 is 0 Å². The van der Waals surface area contributed by atoms with Crippen LogP contribution in [0, 0.1) is 0 Å². The van der Waals surface area contributed by atoms with E-state index in [1.54, 1.807) is 17.8 Å². The largest absolute Gasteiger partial charge is 0.482 e. The molecule has 2 N–H and O–H groups in total. The number of nitrogens with one attached hydrogen (secondary N) is 2. The molecule has 10 heteroatoms. The van der Waals surface area contributed by atoms with Gasteiger partial charge in [0.05, 0.1) is 24.3 Å². The van der Waals surface area contributed by atoms with Gasteiger partial charge in [-0.1, -0.05) is 42.5 Å². The summed E-state index contributed by atoms with van der Waals surface area (Å²) in [6.07, 6.45) is 0.605. The Bertz CT molecular complexity index is 1290. The van der Waals surface area contributed by atoms with Crippen LogP contribution in [0.25, 0.3) is 10.9 Å². The Labute approximate surface area is 214 Å². The highest BCUT2D eigenvalue weighted by Crippen LogP contribution is 2.34. The van der Waals surface area contributed by atoms with Gasteiger partial charge in [-0.25, -0.2) is 0 Å². The van der Waals surface area contributed by atoms with Gasteiger partial charge < -0.3 is 14.8 Å². The Morgan fingerprint density at radius 2 is 2.03 bits per heavy atom. The number of imide groups is 1. The van der Waals surface area contributed by atoms with Crippen LogP contribution in [-0.4, -0.2) is 71.4 Å². The van der Waals surface area contributed by atoms with Crippen molar-refractivity contribution in [3.63, 3.8) is 0 Å². The second-order valence-electron chi connectivity index (χ2n) is 9.47. The highest BCUT2D eigenvalue weighted by atomic mass is 16.5. The molecule has 3 amide bonds. The van der Waals surface area contributed by atoms with Gasteiger partial charge in [0.1, 0.15) is 11.3 Å². The lowest BCUT2D eigenvalue weighted by Crippen LogP contribution is -2.47. The molecule has 3 heterocycles. The molecule has 5 rings (SSSR count). The van der Waals surface area contributed by atoms with Crippen molar-refractivity contribution in [3.05, 3.63) is 59.8 Å². The number of nitrogens with zero attached hydrogens (tertiary/aromatic N) is 3. The van der Waals surface area contributed by atoms with Gasteiger partial charge in [0.2, 0.25) is 11.8 Å². The summed E-state index contributed by atoms with van der Waals surface area (Å²) in [5.74, 6) is -0.845. The van der Waals surface area contributed by atoms with E-state index < -0.39 is 5.92 Å². The van der Waals surface area contributed by atoms with Crippen molar-refractivity contribution in [2.45, 2.75) is 31.4 Å². The maximum atomic E-state index is 12.6. The second-order valence-corrected chi connectivity index (χ2v) is 9.47. The fourth-order valence-electron chi connectivity index (χ4n) is 4.97. The molecule has 10 nitrogen and oxygen atoms in total. The molecule has 2 atom stereocenters. The summed E-state index contributed by atoms with van der Waals surface area (Å²) in [5, 5.41) is 10.6. The topological polar surface area (TPSA) is 115 Å². The molecule has 0 saturated carbocycles. The number of benzene rings is 2. The fourth-order valence-corrected chi connectivity index (χ4v) is 4.97. The number of hydrogen-bond acceptors (Lipinski definition) is 7. The zero-order chi connectivity index (χ0) is 25.8. The number of carbonyl (C=O) groups excluding carboxylic acids is 3. The normalized spacial score (nSPS) is 20.6. The maximum Gasteiger partial charge on any atom is 0.258 e. The summed E-state index contributed by atoms with van der Waals surface area (Å²) >= 11 is 0. The highest BCUT2D eigenvalue weighted by Gasteiger charge is 2.32. The van der Waals surface area contributed by atoms with Gasteiger partial charge >= 0.3 is 0 Å². The molecule has 2 fully saturated rings. The number of morpholine rings is 1. The van der Waals surface area contributed by atoms with Crippen LogP contribution in [0.3, 0.4) is 0 Å². The SMILES string of the molecule is Cn1nc(C2CCC(=O)NC2=O)c2cccc(OCC(=O)NCC3CN(Cc4ccccc4)CCO3)c21.